The van der Waals surface area contributed by atoms with Crippen LogP contribution in [0.2, 0.25) is 0 Å². The third kappa shape index (κ3) is 2.92. The molecule has 0 saturated carbocycles. The average Bonchev–Trinajstić information content (AvgIpc) is 3.33. The van der Waals surface area contributed by atoms with Crippen molar-refractivity contribution in [3.8, 4) is 0 Å². The van der Waals surface area contributed by atoms with Crippen LogP contribution < -0.4 is 5.56 Å². The van der Waals surface area contributed by atoms with E-state index in [4.69, 9.17) is 5.11 Å². The highest BCUT2D eigenvalue weighted by Gasteiger charge is 2.27. The van der Waals surface area contributed by atoms with Crippen LogP contribution in [0.5, 0.6) is 0 Å². The highest BCUT2D eigenvalue weighted by Crippen LogP contribution is 2.28. The van der Waals surface area contributed by atoms with E-state index in [1.54, 1.807) is 24.4 Å². The molecule has 4 rings (SSSR count). The first-order valence-electron chi connectivity index (χ1n) is 8.75. The summed E-state index contributed by atoms with van der Waals surface area (Å²) in [6.07, 6.45) is 3.12. The van der Waals surface area contributed by atoms with E-state index in [0.717, 1.165) is 12.8 Å². The third-order valence-electron chi connectivity index (χ3n) is 5.01. The molecule has 0 spiro atoms. The lowest BCUT2D eigenvalue weighted by Crippen LogP contribution is -2.28. The van der Waals surface area contributed by atoms with Crippen LogP contribution in [0.15, 0.2) is 40.2 Å². The van der Waals surface area contributed by atoms with Crippen LogP contribution >= 0.6 is 0 Å². The Balaban J connectivity index is 1.94. The highest BCUT2D eigenvalue weighted by atomic mass is 32.2. The summed E-state index contributed by atoms with van der Waals surface area (Å²) in [5.41, 5.74) is 0.538. The number of aromatic nitrogens is 2. The molecular formula is C18H19N3O5S. The van der Waals surface area contributed by atoms with Gasteiger partial charge in [0.2, 0.25) is 10.0 Å². The first kappa shape index (κ1) is 17.7. The maximum absolute atomic E-state index is 12.9. The minimum Gasteiger partial charge on any atom is -0.481 e. The quantitative estimate of drug-likeness (QED) is 0.690. The van der Waals surface area contributed by atoms with E-state index in [0.29, 0.717) is 34.9 Å². The second-order valence-corrected chi connectivity index (χ2v) is 8.59. The van der Waals surface area contributed by atoms with Gasteiger partial charge in [-0.3, -0.25) is 9.59 Å². The van der Waals surface area contributed by atoms with Crippen LogP contribution in [0.4, 0.5) is 0 Å². The van der Waals surface area contributed by atoms with E-state index < -0.39 is 16.0 Å². The number of sulfonamides is 1. The number of rotatable bonds is 5. The Labute approximate surface area is 155 Å². The molecule has 0 radical (unpaired) electrons. The highest BCUT2D eigenvalue weighted by molar-refractivity contribution is 7.89. The van der Waals surface area contributed by atoms with Crippen LogP contribution in [0, 0.1) is 0 Å². The van der Waals surface area contributed by atoms with E-state index in [1.807, 2.05) is 0 Å². The van der Waals surface area contributed by atoms with Crippen molar-refractivity contribution >= 4 is 37.8 Å². The topological polar surface area (TPSA) is 112 Å². The molecule has 2 aromatic heterocycles. The zero-order chi connectivity index (χ0) is 19.2. The van der Waals surface area contributed by atoms with Crippen molar-refractivity contribution in [2.45, 2.75) is 30.7 Å². The molecule has 1 aliphatic heterocycles. The average molecular weight is 389 g/mol. The number of H-pyrrole nitrogens is 1. The number of aliphatic carboxylic acids is 1. The van der Waals surface area contributed by atoms with Gasteiger partial charge in [-0.15, -0.1) is 0 Å². The molecule has 8 nitrogen and oxygen atoms in total. The molecule has 1 saturated heterocycles. The summed E-state index contributed by atoms with van der Waals surface area (Å²) in [5, 5.41) is 10.2. The molecule has 0 amide bonds. The standard InChI is InChI=1S/C18H19N3O5S/c22-16(23)6-10-21-15-4-3-12(27(25,26)20-8-1-2-9-20)11-14(15)13-5-7-19-17(13)18(21)24/h3-5,7,11,19H,1-2,6,8-10H2,(H,22,23). The second kappa shape index (κ2) is 6.50. The summed E-state index contributed by atoms with van der Waals surface area (Å²) in [7, 11) is -3.59. The van der Waals surface area contributed by atoms with Gasteiger partial charge >= 0.3 is 5.97 Å². The molecule has 142 valence electrons. The van der Waals surface area contributed by atoms with Gasteiger partial charge in [-0.05, 0) is 37.1 Å². The molecule has 1 fully saturated rings. The fraction of sp³-hybridized carbons (Fsp3) is 0.333. The van der Waals surface area contributed by atoms with Crippen LogP contribution in [-0.4, -0.2) is 46.4 Å². The molecule has 0 atom stereocenters. The molecule has 3 aromatic rings. The van der Waals surface area contributed by atoms with Crippen molar-refractivity contribution in [1.29, 1.82) is 0 Å². The first-order valence-corrected chi connectivity index (χ1v) is 10.2. The lowest BCUT2D eigenvalue weighted by molar-refractivity contribution is -0.137. The third-order valence-corrected chi connectivity index (χ3v) is 6.90. The Kier molecular flexibility index (Phi) is 4.27. The van der Waals surface area contributed by atoms with Crippen molar-refractivity contribution < 1.29 is 18.3 Å². The SMILES string of the molecule is O=C(O)CCn1c(=O)c2[nH]ccc2c2cc(S(=O)(=O)N3CCCC3)ccc21. The van der Waals surface area contributed by atoms with E-state index in [1.165, 1.54) is 14.9 Å². The number of nitrogens with zero attached hydrogens (tertiary/aromatic N) is 2. The molecule has 1 aromatic carbocycles. The smallest absolute Gasteiger partial charge is 0.305 e. The Bertz CT molecular complexity index is 1200. The van der Waals surface area contributed by atoms with Crippen molar-refractivity contribution in [1.82, 2.24) is 13.9 Å². The maximum Gasteiger partial charge on any atom is 0.305 e. The number of benzene rings is 1. The van der Waals surface area contributed by atoms with E-state index in [2.05, 4.69) is 4.98 Å². The molecule has 27 heavy (non-hydrogen) atoms. The lowest BCUT2D eigenvalue weighted by Gasteiger charge is -2.17. The summed E-state index contributed by atoms with van der Waals surface area (Å²) >= 11 is 0. The normalized spacial score (nSPS) is 15.7. The van der Waals surface area contributed by atoms with Gasteiger partial charge in [0.25, 0.3) is 5.56 Å². The van der Waals surface area contributed by atoms with Gasteiger partial charge in [-0.2, -0.15) is 4.31 Å². The summed E-state index contributed by atoms with van der Waals surface area (Å²) in [4.78, 5) is 26.7. The lowest BCUT2D eigenvalue weighted by atomic mass is 10.1. The maximum atomic E-state index is 12.9. The predicted molar refractivity (Wildman–Crippen MR) is 100 cm³/mol. The molecular weight excluding hydrogens is 370 g/mol. The van der Waals surface area contributed by atoms with Crippen LogP contribution in [0.25, 0.3) is 21.8 Å². The monoisotopic (exact) mass is 389 g/mol. The number of hydrogen-bond acceptors (Lipinski definition) is 4. The van der Waals surface area contributed by atoms with Gasteiger partial charge in [-0.25, -0.2) is 8.42 Å². The second-order valence-electron chi connectivity index (χ2n) is 6.66. The van der Waals surface area contributed by atoms with Gasteiger partial charge in [0.1, 0.15) is 5.52 Å². The number of hydrogen-bond donors (Lipinski definition) is 2. The molecule has 9 heteroatoms. The van der Waals surface area contributed by atoms with Gasteiger partial charge in [0.05, 0.1) is 16.8 Å². The number of carboxylic acid groups (broad SMARTS) is 1. The largest absolute Gasteiger partial charge is 0.481 e. The molecule has 2 N–H and O–H groups in total. The zero-order valence-corrected chi connectivity index (χ0v) is 15.3. The molecule has 3 heterocycles. The van der Waals surface area contributed by atoms with Crippen LogP contribution in [-0.2, 0) is 21.4 Å². The summed E-state index contributed by atoms with van der Waals surface area (Å²) < 4.78 is 28.6. The van der Waals surface area contributed by atoms with E-state index in [9.17, 15) is 18.0 Å². The number of carboxylic acids is 1. The fourth-order valence-corrected chi connectivity index (χ4v) is 5.19. The molecule has 0 bridgehead atoms. The van der Waals surface area contributed by atoms with Crippen molar-refractivity contribution in [2.75, 3.05) is 13.1 Å². The molecule has 1 aliphatic rings. The van der Waals surface area contributed by atoms with Crippen molar-refractivity contribution in [2.24, 2.45) is 0 Å². The summed E-state index contributed by atoms with van der Waals surface area (Å²) in [6.45, 7) is 1.04. The van der Waals surface area contributed by atoms with Crippen molar-refractivity contribution in [3.05, 3.63) is 40.8 Å². The summed E-state index contributed by atoms with van der Waals surface area (Å²) in [5.74, 6) is -1.00. The predicted octanol–water partition coefficient (Wildman–Crippen LogP) is 1.74. The van der Waals surface area contributed by atoms with Crippen molar-refractivity contribution in [3.63, 3.8) is 0 Å². The number of aryl methyl sites for hydroxylation is 1. The Morgan fingerprint density at radius 2 is 1.89 bits per heavy atom. The van der Waals surface area contributed by atoms with E-state index in [-0.39, 0.29) is 23.4 Å². The molecule has 0 unspecified atom stereocenters. The summed E-state index contributed by atoms with van der Waals surface area (Å²) in [6, 6.07) is 6.39. The van der Waals surface area contributed by atoms with Crippen LogP contribution in [0.3, 0.4) is 0 Å². The fourth-order valence-electron chi connectivity index (χ4n) is 3.65. The minimum atomic E-state index is -3.59. The number of aromatic amines is 1. The Hall–Kier alpha value is -2.65. The van der Waals surface area contributed by atoms with Gasteiger partial charge < -0.3 is 14.7 Å². The number of pyridine rings is 1. The van der Waals surface area contributed by atoms with Gasteiger partial charge in [0.15, 0.2) is 0 Å². The number of carbonyl (C=O) groups is 1. The minimum absolute atomic E-state index is 0.0118. The Morgan fingerprint density at radius 1 is 1.15 bits per heavy atom. The molecule has 0 aliphatic carbocycles. The van der Waals surface area contributed by atoms with Gasteiger partial charge in [0, 0.05) is 36.6 Å². The Morgan fingerprint density at radius 3 is 2.59 bits per heavy atom. The zero-order valence-electron chi connectivity index (χ0n) is 14.5. The number of fused-ring (bicyclic) bond motifs is 3. The number of nitrogens with one attached hydrogen (secondary N) is 1. The van der Waals surface area contributed by atoms with Gasteiger partial charge in [-0.1, -0.05) is 0 Å². The van der Waals surface area contributed by atoms with Crippen LogP contribution in [0.1, 0.15) is 19.3 Å². The first-order chi connectivity index (χ1) is 12.9. The van der Waals surface area contributed by atoms with E-state index >= 15 is 0 Å².